The van der Waals surface area contributed by atoms with E-state index in [1.807, 2.05) is 30.3 Å². The Balaban J connectivity index is 0.00000320. The van der Waals surface area contributed by atoms with E-state index in [1.165, 1.54) is 5.56 Å². The molecule has 1 aliphatic heterocycles. The van der Waals surface area contributed by atoms with Crippen molar-refractivity contribution >= 4 is 35.6 Å². The van der Waals surface area contributed by atoms with E-state index < -0.39 is 0 Å². The molecule has 30 heavy (non-hydrogen) atoms. The average Bonchev–Trinajstić information content (AvgIpc) is 3.24. The highest BCUT2D eigenvalue weighted by molar-refractivity contribution is 14.0. The fourth-order valence-corrected chi connectivity index (χ4v) is 3.45. The molecule has 3 rings (SSSR count). The second-order valence-corrected chi connectivity index (χ2v) is 7.05. The van der Waals surface area contributed by atoms with E-state index in [4.69, 9.17) is 14.2 Å². The summed E-state index contributed by atoms with van der Waals surface area (Å²) in [4.78, 5) is 4.35. The number of nitrogens with one attached hydrogen (secondary N) is 2. The molecule has 1 saturated heterocycles. The second kappa shape index (κ2) is 13.5. The molecule has 0 bridgehead atoms. The topological polar surface area (TPSA) is 64.1 Å². The lowest BCUT2D eigenvalue weighted by Crippen LogP contribution is -2.35. The molecule has 0 aromatic heterocycles. The van der Waals surface area contributed by atoms with Crippen LogP contribution < -0.4 is 15.4 Å². The van der Waals surface area contributed by atoms with Gasteiger partial charge in [-0.2, -0.15) is 0 Å². The summed E-state index contributed by atoms with van der Waals surface area (Å²) in [5.74, 6) is 1.97. The Morgan fingerprint density at radius 1 is 1.13 bits per heavy atom. The lowest BCUT2D eigenvalue weighted by molar-refractivity contribution is 0.0915. The smallest absolute Gasteiger partial charge is 0.195 e. The number of methoxy groups -OCH3 is 1. The van der Waals surface area contributed by atoms with Gasteiger partial charge in [-0.25, -0.2) is 0 Å². The van der Waals surface area contributed by atoms with Crippen molar-refractivity contribution in [3.05, 3.63) is 60.2 Å². The lowest BCUT2D eigenvalue weighted by atomic mass is 9.95. The Labute approximate surface area is 196 Å². The van der Waals surface area contributed by atoms with Crippen LogP contribution in [-0.4, -0.2) is 46.5 Å². The van der Waals surface area contributed by atoms with Gasteiger partial charge in [-0.15, -0.1) is 24.0 Å². The van der Waals surface area contributed by atoms with Crippen LogP contribution in [0, 0.1) is 5.92 Å². The summed E-state index contributed by atoms with van der Waals surface area (Å²) in [7, 11) is 3.48. The zero-order valence-electron chi connectivity index (χ0n) is 17.7. The lowest BCUT2D eigenvalue weighted by Gasteiger charge is -2.21. The van der Waals surface area contributed by atoms with Gasteiger partial charge in [0.15, 0.2) is 5.96 Å². The van der Waals surface area contributed by atoms with Gasteiger partial charge < -0.3 is 24.8 Å². The molecule has 0 saturated carbocycles. The SMILES string of the molecule is CN=C(NCC1CCOC1c1ccccc1)Nc1cccc(OCCCOC)c1.I. The summed E-state index contributed by atoms with van der Waals surface area (Å²) in [6.45, 7) is 2.92. The molecule has 2 N–H and O–H groups in total. The van der Waals surface area contributed by atoms with Crippen molar-refractivity contribution < 1.29 is 14.2 Å². The van der Waals surface area contributed by atoms with E-state index in [2.05, 4.69) is 39.9 Å². The molecular weight excluding hydrogens is 493 g/mol. The molecule has 0 spiro atoms. The molecule has 2 aromatic carbocycles. The van der Waals surface area contributed by atoms with Crippen LogP contribution in [0.1, 0.15) is 24.5 Å². The summed E-state index contributed by atoms with van der Waals surface area (Å²) in [6, 6.07) is 18.3. The zero-order chi connectivity index (χ0) is 20.3. The number of nitrogens with zero attached hydrogens (tertiary/aromatic N) is 1. The molecule has 2 unspecified atom stereocenters. The number of hydrogen-bond donors (Lipinski definition) is 2. The van der Waals surface area contributed by atoms with Gasteiger partial charge in [0.2, 0.25) is 0 Å². The van der Waals surface area contributed by atoms with Gasteiger partial charge in [0.05, 0.1) is 12.7 Å². The van der Waals surface area contributed by atoms with Crippen molar-refractivity contribution in [1.82, 2.24) is 5.32 Å². The minimum atomic E-state index is 0. The molecule has 164 valence electrons. The number of benzene rings is 2. The molecule has 1 heterocycles. The first-order valence-electron chi connectivity index (χ1n) is 10.2. The maximum absolute atomic E-state index is 5.98. The highest BCUT2D eigenvalue weighted by Gasteiger charge is 2.29. The standard InChI is InChI=1S/C23H31N3O3.HI/c1-24-23(26-20-10-6-11-21(16-20)28-14-7-13-27-2)25-17-19-12-15-29-22(19)18-8-4-3-5-9-18;/h3-6,8-11,16,19,22H,7,12-15,17H2,1-2H3,(H2,24,25,26);1H. The van der Waals surface area contributed by atoms with Gasteiger partial charge in [0, 0.05) is 58.0 Å². The minimum absolute atomic E-state index is 0. The van der Waals surface area contributed by atoms with Crippen molar-refractivity contribution in [1.29, 1.82) is 0 Å². The Morgan fingerprint density at radius 3 is 2.73 bits per heavy atom. The number of halogens is 1. The van der Waals surface area contributed by atoms with Crippen molar-refractivity contribution in [2.45, 2.75) is 18.9 Å². The van der Waals surface area contributed by atoms with Gasteiger partial charge in [0.25, 0.3) is 0 Å². The fraction of sp³-hybridized carbons (Fsp3) is 0.435. The summed E-state index contributed by atoms with van der Waals surface area (Å²) < 4.78 is 16.8. The number of guanidine groups is 1. The third-order valence-electron chi connectivity index (χ3n) is 4.96. The van der Waals surface area contributed by atoms with Crippen LogP contribution in [0.15, 0.2) is 59.6 Å². The van der Waals surface area contributed by atoms with Crippen LogP contribution in [0.3, 0.4) is 0 Å². The Bertz CT molecular complexity index is 773. The highest BCUT2D eigenvalue weighted by Crippen LogP contribution is 2.33. The molecule has 0 amide bonds. The van der Waals surface area contributed by atoms with Crippen molar-refractivity contribution in [3.63, 3.8) is 0 Å². The molecule has 0 radical (unpaired) electrons. The van der Waals surface area contributed by atoms with Crippen molar-refractivity contribution in [3.8, 4) is 5.75 Å². The Kier molecular flexibility index (Phi) is 11.0. The molecule has 2 atom stereocenters. The number of ether oxygens (including phenoxy) is 3. The highest BCUT2D eigenvalue weighted by atomic mass is 127. The van der Waals surface area contributed by atoms with E-state index in [1.54, 1.807) is 14.2 Å². The van der Waals surface area contributed by atoms with E-state index in [0.717, 1.165) is 43.4 Å². The molecular formula is C23H32IN3O3. The molecule has 0 aliphatic carbocycles. The normalized spacial score (nSPS) is 18.5. The quantitative estimate of drug-likeness (QED) is 0.219. The summed E-state index contributed by atoms with van der Waals surface area (Å²) >= 11 is 0. The van der Waals surface area contributed by atoms with E-state index in [-0.39, 0.29) is 30.1 Å². The maximum Gasteiger partial charge on any atom is 0.195 e. The van der Waals surface area contributed by atoms with E-state index >= 15 is 0 Å². The molecule has 7 heteroatoms. The van der Waals surface area contributed by atoms with Gasteiger partial charge in [-0.3, -0.25) is 4.99 Å². The van der Waals surface area contributed by atoms with Crippen LogP contribution in [0.2, 0.25) is 0 Å². The Hall–Kier alpha value is -1.84. The van der Waals surface area contributed by atoms with Gasteiger partial charge in [0.1, 0.15) is 5.75 Å². The Morgan fingerprint density at radius 2 is 1.97 bits per heavy atom. The fourth-order valence-electron chi connectivity index (χ4n) is 3.45. The largest absolute Gasteiger partial charge is 0.493 e. The predicted octanol–water partition coefficient (Wildman–Crippen LogP) is 4.49. The monoisotopic (exact) mass is 525 g/mol. The van der Waals surface area contributed by atoms with Gasteiger partial charge in [-0.1, -0.05) is 36.4 Å². The summed E-state index contributed by atoms with van der Waals surface area (Å²) in [6.07, 6.45) is 2.03. The van der Waals surface area contributed by atoms with Crippen LogP contribution >= 0.6 is 24.0 Å². The number of anilines is 1. The maximum atomic E-state index is 5.98. The molecule has 6 nitrogen and oxygen atoms in total. The van der Waals surface area contributed by atoms with Crippen LogP contribution in [0.4, 0.5) is 5.69 Å². The van der Waals surface area contributed by atoms with Crippen molar-refractivity contribution in [2.24, 2.45) is 10.9 Å². The predicted molar refractivity (Wildman–Crippen MR) is 132 cm³/mol. The minimum Gasteiger partial charge on any atom is -0.493 e. The third kappa shape index (κ3) is 7.45. The summed E-state index contributed by atoms with van der Waals surface area (Å²) in [5.41, 5.74) is 2.17. The number of rotatable bonds is 9. The number of hydrogen-bond acceptors (Lipinski definition) is 4. The van der Waals surface area contributed by atoms with Gasteiger partial charge >= 0.3 is 0 Å². The number of aliphatic imine (C=N–C) groups is 1. The van der Waals surface area contributed by atoms with Crippen molar-refractivity contribution in [2.75, 3.05) is 45.8 Å². The first kappa shape index (κ1) is 24.4. The third-order valence-corrected chi connectivity index (χ3v) is 4.96. The first-order chi connectivity index (χ1) is 14.3. The van der Waals surface area contributed by atoms with E-state index in [0.29, 0.717) is 19.1 Å². The average molecular weight is 525 g/mol. The van der Waals surface area contributed by atoms with Crippen LogP contribution in [0.5, 0.6) is 5.75 Å². The van der Waals surface area contributed by atoms with Crippen LogP contribution in [-0.2, 0) is 9.47 Å². The molecule has 2 aromatic rings. The van der Waals surface area contributed by atoms with Gasteiger partial charge in [-0.05, 0) is 24.1 Å². The first-order valence-corrected chi connectivity index (χ1v) is 10.2. The summed E-state index contributed by atoms with van der Waals surface area (Å²) in [5, 5.41) is 6.78. The second-order valence-electron chi connectivity index (χ2n) is 7.05. The van der Waals surface area contributed by atoms with Crippen LogP contribution in [0.25, 0.3) is 0 Å². The zero-order valence-corrected chi connectivity index (χ0v) is 20.0. The molecule has 1 fully saturated rings. The van der Waals surface area contributed by atoms with E-state index in [9.17, 15) is 0 Å². The molecule has 1 aliphatic rings.